The molecule has 2 fully saturated rings. The van der Waals surface area contributed by atoms with Crippen LogP contribution in [0.4, 0.5) is 0 Å². The summed E-state index contributed by atoms with van der Waals surface area (Å²) in [5, 5.41) is 47.1. The highest BCUT2D eigenvalue weighted by Crippen LogP contribution is 2.23. The minimum atomic E-state index is -1.51. The number of hydrogen-bond donors (Lipinski definition) is 15. The van der Waals surface area contributed by atoms with Crippen LogP contribution in [0.3, 0.4) is 0 Å². The monoisotopic (exact) mass is 1440 g/mol. The van der Waals surface area contributed by atoms with E-state index in [1.54, 1.807) is 36.5 Å². The number of nitrogens with zero attached hydrogens (tertiary/aromatic N) is 1. The number of aromatic nitrogens is 1. The Bertz CT molecular complexity index is 3140. The van der Waals surface area contributed by atoms with Gasteiger partial charge in [0.2, 0.25) is 65.0 Å². The number of amides is 11. The number of primary amides is 1. The molecule has 1 unspecified atom stereocenters. The predicted molar refractivity (Wildman–Crippen MR) is 385 cm³/mol. The van der Waals surface area contributed by atoms with Gasteiger partial charge in [-0.3, -0.25) is 58.1 Å². The second kappa shape index (κ2) is 49.0. The van der Waals surface area contributed by atoms with Gasteiger partial charge in [0.25, 0.3) is 0 Å². The maximum atomic E-state index is 15.0. The van der Waals surface area contributed by atoms with E-state index in [1.807, 2.05) is 31.2 Å². The summed E-state index contributed by atoms with van der Waals surface area (Å²) in [6, 6.07) is 6.39. The summed E-state index contributed by atoms with van der Waals surface area (Å²) in [7, 11) is 0. The second-order valence-corrected chi connectivity index (χ2v) is 26.1. The van der Waals surface area contributed by atoms with E-state index in [1.165, 1.54) is 38.5 Å². The number of carbonyl (C=O) groups is 11. The van der Waals surface area contributed by atoms with E-state index in [0.717, 1.165) is 35.1 Å². The van der Waals surface area contributed by atoms with Gasteiger partial charge < -0.3 is 98.6 Å². The van der Waals surface area contributed by atoms with Crippen LogP contribution in [0.2, 0.25) is 0 Å². The molecule has 572 valence electrons. The van der Waals surface area contributed by atoms with Crippen molar-refractivity contribution in [2.45, 2.75) is 210 Å². The molecule has 3 aromatic rings. The van der Waals surface area contributed by atoms with Crippen LogP contribution in [0.25, 0.3) is 10.9 Å². The molecule has 2 aromatic carbocycles. The Balaban J connectivity index is 1.20. The molecule has 11 amide bonds. The highest BCUT2D eigenvalue weighted by atomic mass is 16.5. The van der Waals surface area contributed by atoms with E-state index >= 15 is 0 Å². The zero-order chi connectivity index (χ0) is 74.6. The highest BCUT2D eigenvalue weighted by Gasteiger charge is 2.43. The van der Waals surface area contributed by atoms with Crippen molar-refractivity contribution in [3.05, 3.63) is 71.9 Å². The van der Waals surface area contributed by atoms with E-state index in [9.17, 15) is 57.8 Å². The topological polar surface area (TPSA) is 460 Å². The Hall–Kier alpha value is -8.78. The molecule has 2 saturated heterocycles. The Labute approximate surface area is 603 Å². The number of para-hydroxylation sites is 1. The number of nitrogens with one attached hydrogen (secondary N) is 12. The van der Waals surface area contributed by atoms with Gasteiger partial charge in [0.1, 0.15) is 55.5 Å². The summed E-state index contributed by atoms with van der Waals surface area (Å²) in [6.45, 7) is 4.72. The molecule has 2 aliphatic rings. The summed E-state index contributed by atoms with van der Waals surface area (Å²) >= 11 is 0. The highest BCUT2D eigenvalue weighted by molar-refractivity contribution is 5.98. The third-order valence-electron chi connectivity index (χ3n) is 17.7. The number of rotatable bonds is 41. The van der Waals surface area contributed by atoms with Gasteiger partial charge in [-0.2, -0.15) is 0 Å². The van der Waals surface area contributed by atoms with Crippen LogP contribution in [0.15, 0.2) is 60.8 Å². The maximum Gasteiger partial charge on any atom is 0.246 e. The molecule has 5 rings (SSSR count). The van der Waals surface area contributed by atoms with Gasteiger partial charge in [-0.15, -0.1) is 0 Å². The minimum Gasteiger partial charge on any atom is -0.391 e. The fraction of sp³-hybridized carbons (Fsp3) is 0.639. The predicted octanol–water partition coefficient (Wildman–Crippen LogP) is 1.06. The van der Waals surface area contributed by atoms with Crippen LogP contribution in [0.5, 0.6) is 0 Å². The van der Waals surface area contributed by atoms with Crippen molar-refractivity contribution in [1.29, 1.82) is 5.41 Å². The number of hydrogen-bond acceptors (Lipinski definition) is 17. The van der Waals surface area contributed by atoms with Gasteiger partial charge in [0.05, 0.1) is 45.7 Å². The maximum absolute atomic E-state index is 15.0. The number of aliphatic hydroxyl groups excluding tert-OH is 1. The van der Waals surface area contributed by atoms with Crippen LogP contribution in [-0.4, -0.2) is 220 Å². The number of nitrogens with two attached hydrogens (primary N) is 2. The van der Waals surface area contributed by atoms with Crippen molar-refractivity contribution in [1.82, 2.24) is 63.1 Å². The molecule has 2 aliphatic heterocycles. The van der Waals surface area contributed by atoms with Crippen molar-refractivity contribution in [2.24, 2.45) is 11.5 Å². The van der Waals surface area contributed by atoms with Gasteiger partial charge in [-0.1, -0.05) is 127 Å². The Kier molecular flexibility index (Phi) is 40.4. The summed E-state index contributed by atoms with van der Waals surface area (Å²) in [4.78, 5) is 157. The van der Waals surface area contributed by atoms with E-state index < -0.39 is 108 Å². The fourth-order valence-corrected chi connectivity index (χ4v) is 12.0. The number of fused-ring (bicyclic) bond motifs is 2. The molecule has 0 bridgehead atoms. The molecule has 3 heterocycles. The first-order valence-corrected chi connectivity index (χ1v) is 36.6. The largest absolute Gasteiger partial charge is 0.391 e. The van der Waals surface area contributed by atoms with Crippen LogP contribution >= 0.6 is 0 Å². The summed E-state index contributed by atoms with van der Waals surface area (Å²) in [5.74, 6) is -7.68. The van der Waals surface area contributed by atoms with Crippen molar-refractivity contribution in [3.8, 4) is 0 Å². The molecule has 17 N–H and O–H groups in total. The quantitative estimate of drug-likeness (QED) is 0.0215. The third-order valence-corrected chi connectivity index (χ3v) is 17.7. The first kappa shape index (κ1) is 84.9. The molecule has 0 spiro atoms. The Morgan fingerprint density at radius 1 is 0.631 bits per heavy atom. The lowest BCUT2D eigenvalue weighted by molar-refractivity contribution is -0.143. The third kappa shape index (κ3) is 33.5. The molecule has 8 atom stereocenters. The molecule has 0 radical (unpaired) electrons. The molecule has 103 heavy (non-hydrogen) atoms. The van der Waals surface area contributed by atoms with Crippen molar-refractivity contribution in [2.75, 3.05) is 85.6 Å². The SMILES string of the molecule is CCCCCCCCCCCC(=O)NCCOCCOCC(=O)NCCOCCOCC(=O)N[C@@H](CCCC)C(=O)N[C@H]1CCC(=O)NCCCC[C@@H](C(N)=O)NC(=O)[C@H](Cc2c[nH]c3ccccc23)NC(=O)[C@H](CCCNC(=N)N)NC(=O)C(Cc2ccccc2)NC(=O)[C@@H]2C[C@@H](O)CN2C1=O. The van der Waals surface area contributed by atoms with E-state index in [0.29, 0.717) is 50.0 Å². The van der Waals surface area contributed by atoms with Crippen molar-refractivity contribution < 1.29 is 76.8 Å². The van der Waals surface area contributed by atoms with Crippen molar-refractivity contribution >= 4 is 81.8 Å². The van der Waals surface area contributed by atoms with Gasteiger partial charge in [0, 0.05) is 81.9 Å². The molecule has 31 heteroatoms. The number of aliphatic hydroxyl groups is 1. The first-order chi connectivity index (χ1) is 49.8. The van der Waals surface area contributed by atoms with Gasteiger partial charge >= 0.3 is 0 Å². The lowest BCUT2D eigenvalue weighted by Gasteiger charge is -2.31. The van der Waals surface area contributed by atoms with Gasteiger partial charge in [-0.25, -0.2) is 0 Å². The number of ether oxygens (including phenoxy) is 4. The Morgan fingerprint density at radius 2 is 1.23 bits per heavy atom. The number of H-pyrrole nitrogens is 1. The lowest BCUT2D eigenvalue weighted by atomic mass is 10.0. The zero-order valence-electron chi connectivity index (χ0n) is 60.0. The van der Waals surface area contributed by atoms with Crippen LogP contribution < -0.4 is 64.6 Å². The van der Waals surface area contributed by atoms with Crippen LogP contribution in [-0.2, 0) is 84.5 Å². The number of carbonyl (C=O) groups excluding carboxylic acids is 11. The van der Waals surface area contributed by atoms with Crippen molar-refractivity contribution in [3.63, 3.8) is 0 Å². The summed E-state index contributed by atoms with van der Waals surface area (Å²) in [5.41, 5.74) is 13.4. The number of guanidine groups is 1. The zero-order valence-corrected chi connectivity index (χ0v) is 60.0. The first-order valence-electron chi connectivity index (χ1n) is 36.6. The minimum absolute atomic E-state index is 0.0111. The van der Waals surface area contributed by atoms with E-state index in [2.05, 4.69) is 65.1 Å². The normalized spacial score (nSPS) is 20.0. The fourth-order valence-electron chi connectivity index (χ4n) is 12.0. The average molecular weight is 1440 g/mol. The number of aromatic amines is 1. The summed E-state index contributed by atoms with van der Waals surface area (Å²) < 4.78 is 22.0. The Morgan fingerprint density at radius 3 is 1.92 bits per heavy atom. The summed E-state index contributed by atoms with van der Waals surface area (Å²) in [6.07, 6.45) is 12.4. The van der Waals surface area contributed by atoms with E-state index in [4.69, 9.17) is 35.8 Å². The average Bonchev–Trinajstić information content (AvgIpc) is 1.71. The number of benzene rings is 2. The molecular formula is C72H113N15O16. The molecule has 0 saturated carbocycles. The molecular weight excluding hydrogens is 1330 g/mol. The standard InChI is InChI=1S/C72H113N15O16/c1-3-5-7-8-9-10-11-12-16-29-61(89)77-34-36-100-38-40-102-47-63(91)78-35-37-101-39-41-103-48-64(92)81-55(25-6-4-2)66(94)84-57-30-31-62(90)76-32-20-19-27-54(65(73)93)82-69(97)59(43-50-45-80-53-26-18-17-24-52(50)53)85-67(95)56(28-21-33-79-72(74)75)83-68(96)58(42-49-22-14-13-15-23-49)86-70(98)60-44-51(88)46-87(60)71(57)99/h13-15,17-18,22-24,26,45,51,54-60,80,88H,3-12,16,19-21,25,27-44,46-48H2,1-2H3,(H2,73,93)(H,76,90)(H,77,89)(H,78,91)(H,81,92)(H,82,97)(H,83,96)(H,84,94)(H,85,95)(H,86,98)(H4,74,75,79)/t51-,54+,55+,56+,57+,58?,59+,60+/m1/s1. The van der Waals surface area contributed by atoms with E-state index in [-0.39, 0.29) is 148 Å². The lowest BCUT2D eigenvalue weighted by Crippen LogP contribution is -2.60. The van der Waals surface area contributed by atoms with Gasteiger partial charge in [0.15, 0.2) is 5.96 Å². The molecule has 1 aromatic heterocycles. The second-order valence-electron chi connectivity index (χ2n) is 26.1. The van der Waals surface area contributed by atoms with Crippen LogP contribution in [0.1, 0.15) is 160 Å². The molecule has 0 aliphatic carbocycles. The van der Waals surface area contributed by atoms with Crippen LogP contribution in [0, 0.1) is 5.41 Å². The van der Waals surface area contributed by atoms with Gasteiger partial charge in [-0.05, 0) is 68.6 Å². The number of unbranched alkanes of at least 4 members (excludes halogenated alkanes) is 9. The molecule has 31 nitrogen and oxygen atoms in total. The smallest absolute Gasteiger partial charge is 0.246 e.